The van der Waals surface area contributed by atoms with Crippen LogP contribution >= 0.6 is 34.5 Å². The van der Waals surface area contributed by atoms with Gasteiger partial charge in [-0.1, -0.05) is 28.2 Å². The SMILES string of the molecule is Cc1nnsc1C(=O)Nc1csc(-c2ccc(Cl)cc2)c1C(=O)O. The van der Waals surface area contributed by atoms with Gasteiger partial charge in [0.15, 0.2) is 0 Å². The molecule has 24 heavy (non-hydrogen) atoms. The van der Waals surface area contributed by atoms with Gasteiger partial charge in [0.25, 0.3) is 5.91 Å². The lowest BCUT2D eigenvalue weighted by atomic mass is 10.1. The van der Waals surface area contributed by atoms with Crippen LogP contribution in [0.15, 0.2) is 29.6 Å². The van der Waals surface area contributed by atoms with E-state index in [4.69, 9.17) is 11.6 Å². The zero-order chi connectivity index (χ0) is 17.3. The Morgan fingerprint density at radius 2 is 1.96 bits per heavy atom. The highest BCUT2D eigenvalue weighted by atomic mass is 35.5. The molecule has 0 unspecified atom stereocenters. The second kappa shape index (κ2) is 6.68. The Morgan fingerprint density at radius 3 is 2.54 bits per heavy atom. The number of anilines is 1. The number of carboxylic acid groups (broad SMARTS) is 1. The van der Waals surface area contributed by atoms with Crippen LogP contribution < -0.4 is 5.32 Å². The summed E-state index contributed by atoms with van der Waals surface area (Å²) < 4.78 is 3.71. The molecule has 2 aromatic heterocycles. The number of nitrogens with zero attached hydrogens (tertiary/aromatic N) is 2. The maximum absolute atomic E-state index is 12.3. The summed E-state index contributed by atoms with van der Waals surface area (Å²) in [4.78, 5) is 24.9. The molecule has 6 nitrogen and oxygen atoms in total. The molecule has 2 N–H and O–H groups in total. The summed E-state index contributed by atoms with van der Waals surface area (Å²) >= 11 is 8.07. The van der Waals surface area contributed by atoms with Crippen LogP contribution in [0.5, 0.6) is 0 Å². The predicted octanol–water partition coefficient (Wildman–Crippen LogP) is 4.18. The number of benzene rings is 1. The highest BCUT2D eigenvalue weighted by Crippen LogP contribution is 2.36. The number of carboxylic acids is 1. The molecule has 1 aromatic carbocycles. The average molecular weight is 380 g/mol. The van der Waals surface area contributed by atoms with Crippen molar-refractivity contribution in [2.24, 2.45) is 0 Å². The summed E-state index contributed by atoms with van der Waals surface area (Å²) in [5.74, 6) is -1.54. The van der Waals surface area contributed by atoms with Gasteiger partial charge in [0, 0.05) is 10.4 Å². The van der Waals surface area contributed by atoms with Crippen LogP contribution in [-0.2, 0) is 0 Å². The molecular formula is C15H10ClN3O3S2. The van der Waals surface area contributed by atoms with Crippen LogP contribution in [0.4, 0.5) is 5.69 Å². The van der Waals surface area contributed by atoms with E-state index in [1.54, 1.807) is 36.6 Å². The van der Waals surface area contributed by atoms with E-state index in [1.165, 1.54) is 11.3 Å². The molecule has 0 bridgehead atoms. The maximum Gasteiger partial charge on any atom is 0.339 e. The summed E-state index contributed by atoms with van der Waals surface area (Å²) in [5.41, 5.74) is 1.52. The first-order valence-electron chi connectivity index (χ1n) is 6.68. The molecule has 0 radical (unpaired) electrons. The second-order valence-corrected chi connectivity index (χ2v) is 6.88. The third-order valence-corrected chi connectivity index (χ3v) is 5.33. The fourth-order valence-electron chi connectivity index (χ4n) is 2.09. The third-order valence-electron chi connectivity index (χ3n) is 3.22. The van der Waals surface area contributed by atoms with Crippen LogP contribution in [0.2, 0.25) is 5.02 Å². The molecule has 9 heteroatoms. The van der Waals surface area contributed by atoms with Gasteiger partial charge < -0.3 is 10.4 Å². The summed E-state index contributed by atoms with van der Waals surface area (Å²) in [6.07, 6.45) is 0. The van der Waals surface area contributed by atoms with Crippen molar-refractivity contribution in [3.05, 3.63) is 50.8 Å². The van der Waals surface area contributed by atoms with E-state index < -0.39 is 11.9 Å². The van der Waals surface area contributed by atoms with Gasteiger partial charge in [0.2, 0.25) is 0 Å². The Morgan fingerprint density at radius 1 is 1.25 bits per heavy atom. The fourth-order valence-corrected chi connectivity index (χ4v) is 3.77. The molecule has 122 valence electrons. The molecule has 0 aliphatic carbocycles. The van der Waals surface area contributed by atoms with Crippen molar-refractivity contribution >= 4 is 52.0 Å². The van der Waals surface area contributed by atoms with Gasteiger partial charge in [-0.3, -0.25) is 4.79 Å². The molecule has 3 rings (SSSR count). The van der Waals surface area contributed by atoms with Gasteiger partial charge in [-0.05, 0) is 36.2 Å². The van der Waals surface area contributed by atoms with Crippen LogP contribution in [0, 0.1) is 6.92 Å². The summed E-state index contributed by atoms with van der Waals surface area (Å²) in [5, 5.41) is 18.1. The minimum Gasteiger partial charge on any atom is -0.478 e. The average Bonchev–Trinajstić information content (AvgIpc) is 3.14. The van der Waals surface area contributed by atoms with Crippen LogP contribution in [0.3, 0.4) is 0 Å². The second-order valence-electron chi connectivity index (χ2n) is 4.81. The number of carbonyl (C=O) groups excluding carboxylic acids is 1. The van der Waals surface area contributed by atoms with E-state index in [-0.39, 0.29) is 11.3 Å². The standard InChI is InChI=1S/C15H10ClN3O3S2/c1-7-12(24-19-18-7)14(20)17-10-6-23-13(11(10)15(21)22)8-2-4-9(16)5-3-8/h2-6H,1H3,(H,17,20)(H,21,22). The predicted molar refractivity (Wildman–Crippen MR) is 94.3 cm³/mol. The number of hydrogen-bond acceptors (Lipinski definition) is 6. The number of rotatable bonds is 4. The summed E-state index contributed by atoms with van der Waals surface area (Å²) in [7, 11) is 0. The number of nitrogens with one attached hydrogen (secondary N) is 1. The topological polar surface area (TPSA) is 92.2 Å². The molecule has 3 aromatic rings. The molecule has 0 saturated carbocycles. The summed E-state index contributed by atoms with van der Waals surface area (Å²) in [6, 6.07) is 6.85. The Bertz CT molecular complexity index is 918. The smallest absolute Gasteiger partial charge is 0.339 e. The Labute approximate surface area is 149 Å². The van der Waals surface area contributed by atoms with Crippen molar-refractivity contribution in [2.45, 2.75) is 6.92 Å². The Hall–Kier alpha value is -2.29. The van der Waals surface area contributed by atoms with Gasteiger partial charge in [0.1, 0.15) is 10.4 Å². The van der Waals surface area contributed by atoms with Crippen LogP contribution in [0.1, 0.15) is 25.7 Å². The zero-order valence-electron chi connectivity index (χ0n) is 12.2. The Balaban J connectivity index is 1.98. The largest absolute Gasteiger partial charge is 0.478 e. The lowest BCUT2D eigenvalue weighted by Crippen LogP contribution is -2.13. The third kappa shape index (κ3) is 3.16. The monoisotopic (exact) mass is 379 g/mol. The first-order valence-corrected chi connectivity index (χ1v) is 8.71. The Kier molecular flexibility index (Phi) is 4.61. The highest BCUT2D eigenvalue weighted by Gasteiger charge is 2.22. The van der Waals surface area contributed by atoms with Crippen molar-refractivity contribution in [1.82, 2.24) is 9.59 Å². The number of hydrogen-bond donors (Lipinski definition) is 2. The number of aromatic nitrogens is 2. The van der Waals surface area contributed by atoms with E-state index in [0.717, 1.165) is 17.1 Å². The van der Waals surface area contributed by atoms with Gasteiger partial charge in [-0.25, -0.2) is 4.79 Å². The number of carbonyl (C=O) groups is 2. The number of thiophene rings is 1. The van der Waals surface area contributed by atoms with Crippen LogP contribution in [-0.4, -0.2) is 26.6 Å². The van der Waals surface area contributed by atoms with Crippen molar-refractivity contribution in [3.63, 3.8) is 0 Å². The molecule has 0 atom stereocenters. The van der Waals surface area contributed by atoms with E-state index in [2.05, 4.69) is 14.9 Å². The fraction of sp³-hybridized carbons (Fsp3) is 0.0667. The lowest BCUT2D eigenvalue weighted by molar-refractivity contribution is 0.0699. The molecule has 0 aliphatic heterocycles. The molecule has 0 fully saturated rings. The van der Waals surface area contributed by atoms with E-state index in [1.807, 2.05) is 0 Å². The minimum absolute atomic E-state index is 0.0470. The molecule has 0 saturated heterocycles. The lowest BCUT2D eigenvalue weighted by Gasteiger charge is -2.05. The normalized spacial score (nSPS) is 10.6. The minimum atomic E-state index is -1.12. The van der Waals surface area contributed by atoms with E-state index >= 15 is 0 Å². The number of aryl methyl sites for hydroxylation is 1. The van der Waals surface area contributed by atoms with Gasteiger partial charge in [0.05, 0.1) is 16.3 Å². The highest BCUT2D eigenvalue weighted by molar-refractivity contribution is 7.14. The van der Waals surface area contributed by atoms with Crippen molar-refractivity contribution in [1.29, 1.82) is 0 Å². The number of aromatic carboxylic acids is 1. The van der Waals surface area contributed by atoms with Crippen molar-refractivity contribution < 1.29 is 14.7 Å². The van der Waals surface area contributed by atoms with Gasteiger partial charge in [-0.2, -0.15) is 0 Å². The van der Waals surface area contributed by atoms with Gasteiger partial charge in [-0.15, -0.1) is 16.4 Å². The number of amides is 1. The number of halogens is 1. The van der Waals surface area contributed by atoms with Crippen molar-refractivity contribution in [2.75, 3.05) is 5.32 Å². The van der Waals surface area contributed by atoms with Gasteiger partial charge >= 0.3 is 5.97 Å². The molecular weight excluding hydrogens is 370 g/mol. The summed E-state index contributed by atoms with van der Waals surface area (Å²) in [6.45, 7) is 1.67. The first kappa shape index (κ1) is 16.6. The zero-order valence-corrected chi connectivity index (χ0v) is 14.6. The molecule has 0 aliphatic rings. The molecule has 1 amide bonds. The molecule has 0 spiro atoms. The molecule has 2 heterocycles. The van der Waals surface area contributed by atoms with E-state index in [0.29, 0.717) is 20.5 Å². The first-order chi connectivity index (χ1) is 11.5. The van der Waals surface area contributed by atoms with E-state index in [9.17, 15) is 14.7 Å². The maximum atomic E-state index is 12.3. The quantitative estimate of drug-likeness (QED) is 0.709. The van der Waals surface area contributed by atoms with Crippen LogP contribution in [0.25, 0.3) is 10.4 Å². The van der Waals surface area contributed by atoms with Crippen molar-refractivity contribution in [3.8, 4) is 10.4 Å².